The first-order chi connectivity index (χ1) is 16.4. The molecule has 1 amide bonds. The van der Waals surface area contributed by atoms with Gasteiger partial charge in [-0.3, -0.25) is 9.69 Å². The van der Waals surface area contributed by atoms with Crippen molar-refractivity contribution in [3.05, 3.63) is 59.7 Å². The molecular formula is C26H36N4O3S. The fraction of sp³-hybridized carbons (Fsp3) is 0.500. The molecule has 2 saturated heterocycles. The highest BCUT2D eigenvalue weighted by Gasteiger charge is 2.26. The average molecular weight is 485 g/mol. The zero-order chi connectivity index (χ0) is 24.0. The number of piperidine rings is 1. The Morgan fingerprint density at radius 2 is 1.50 bits per heavy atom. The number of carbonyl (C=O) groups excluding carboxylic acids is 1. The van der Waals surface area contributed by atoms with E-state index >= 15 is 0 Å². The summed E-state index contributed by atoms with van der Waals surface area (Å²) in [6, 6.07) is 14.5. The molecule has 0 saturated carbocycles. The molecule has 8 heteroatoms. The van der Waals surface area contributed by atoms with Gasteiger partial charge in [-0.2, -0.15) is 4.31 Å². The Morgan fingerprint density at radius 3 is 2.18 bits per heavy atom. The lowest BCUT2D eigenvalue weighted by Crippen LogP contribution is -2.38. The molecule has 7 nitrogen and oxygen atoms in total. The standard InChI is InChI=1S/C26H36N4O3S/c1-21(27-19-22-9-3-4-10-23(22)20-29-15-7-8-16-29)26(31)28-24-11-13-25(14-12-24)34(32,33)30-17-5-2-6-18-30/h3-4,9-14,21,27H,2,5-8,15-20H2,1H3,(H,28,31)/t21-/m1/s1. The highest BCUT2D eigenvalue weighted by Crippen LogP contribution is 2.22. The Labute approximate surface area is 203 Å². The summed E-state index contributed by atoms with van der Waals surface area (Å²) in [5, 5.41) is 6.22. The average Bonchev–Trinajstić information content (AvgIpc) is 3.37. The quantitative estimate of drug-likeness (QED) is 0.569. The Bertz CT molecular complexity index is 1060. The first-order valence-corrected chi connectivity index (χ1v) is 13.8. The van der Waals surface area contributed by atoms with Crippen molar-refractivity contribution in [3.63, 3.8) is 0 Å². The van der Waals surface area contributed by atoms with E-state index in [1.54, 1.807) is 28.6 Å². The van der Waals surface area contributed by atoms with Gasteiger partial charge in [0.05, 0.1) is 10.9 Å². The molecule has 2 aliphatic rings. The number of likely N-dealkylation sites (tertiary alicyclic amines) is 1. The number of anilines is 1. The fourth-order valence-electron chi connectivity index (χ4n) is 4.64. The van der Waals surface area contributed by atoms with Crippen LogP contribution in [0.1, 0.15) is 50.2 Å². The van der Waals surface area contributed by atoms with Crippen molar-refractivity contribution >= 4 is 21.6 Å². The molecular weight excluding hydrogens is 448 g/mol. The second-order valence-corrected chi connectivity index (χ2v) is 11.3. The Hall–Kier alpha value is -2.26. The summed E-state index contributed by atoms with van der Waals surface area (Å²) in [4.78, 5) is 15.5. The lowest BCUT2D eigenvalue weighted by molar-refractivity contribution is -0.117. The van der Waals surface area contributed by atoms with Gasteiger partial charge in [0.25, 0.3) is 0 Å². The van der Waals surface area contributed by atoms with Crippen LogP contribution in [0.2, 0.25) is 0 Å². The summed E-state index contributed by atoms with van der Waals surface area (Å²) >= 11 is 0. The van der Waals surface area contributed by atoms with Crippen LogP contribution in [-0.2, 0) is 27.9 Å². The molecule has 1 atom stereocenters. The molecule has 0 aromatic heterocycles. The molecule has 184 valence electrons. The summed E-state index contributed by atoms with van der Waals surface area (Å²) in [6.07, 6.45) is 5.42. The number of hydrogen-bond donors (Lipinski definition) is 2. The summed E-state index contributed by atoms with van der Waals surface area (Å²) < 4.78 is 27.2. The third kappa shape index (κ3) is 6.24. The number of amides is 1. The second kappa shape index (κ2) is 11.4. The zero-order valence-electron chi connectivity index (χ0n) is 20.0. The van der Waals surface area contributed by atoms with Crippen molar-refractivity contribution in [3.8, 4) is 0 Å². The monoisotopic (exact) mass is 484 g/mol. The van der Waals surface area contributed by atoms with Crippen LogP contribution in [0, 0.1) is 0 Å². The summed E-state index contributed by atoms with van der Waals surface area (Å²) in [5.41, 5.74) is 3.10. The van der Waals surface area contributed by atoms with E-state index in [9.17, 15) is 13.2 Å². The molecule has 2 aromatic rings. The first-order valence-electron chi connectivity index (χ1n) is 12.4. The minimum Gasteiger partial charge on any atom is -0.325 e. The van der Waals surface area contributed by atoms with Crippen LogP contribution < -0.4 is 10.6 Å². The highest BCUT2D eigenvalue weighted by atomic mass is 32.2. The molecule has 2 heterocycles. The van der Waals surface area contributed by atoms with Crippen LogP contribution in [0.5, 0.6) is 0 Å². The van der Waals surface area contributed by atoms with Gasteiger partial charge in [-0.25, -0.2) is 8.42 Å². The van der Waals surface area contributed by atoms with Crippen molar-refractivity contribution in [2.45, 2.75) is 63.1 Å². The van der Waals surface area contributed by atoms with Crippen molar-refractivity contribution < 1.29 is 13.2 Å². The zero-order valence-corrected chi connectivity index (χ0v) is 20.8. The van der Waals surface area contributed by atoms with Crippen LogP contribution in [0.4, 0.5) is 5.69 Å². The van der Waals surface area contributed by atoms with Gasteiger partial charge in [-0.15, -0.1) is 0 Å². The van der Waals surface area contributed by atoms with E-state index in [0.717, 1.165) is 38.9 Å². The number of benzene rings is 2. The molecule has 0 unspecified atom stereocenters. The third-order valence-electron chi connectivity index (χ3n) is 6.78. The van der Waals surface area contributed by atoms with Gasteiger partial charge < -0.3 is 10.6 Å². The van der Waals surface area contributed by atoms with Crippen LogP contribution >= 0.6 is 0 Å². The van der Waals surface area contributed by atoms with Gasteiger partial charge in [0, 0.05) is 31.9 Å². The molecule has 0 bridgehead atoms. The van der Waals surface area contributed by atoms with Gasteiger partial charge in [0.2, 0.25) is 15.9 Å². The van der Waals surface area contributed by atoms with E-state index in [1.807, 2.05) is 13.0 Å². The SMILES string of the molecule is C[C@@H](NCc1ccccc1CN1CCCC1)C(=O)Nc1ccc(S(=O)(=O)N2CCCCC2)cc1. The van der Waals surface area contributed by atoms with E-state index in [4.69, 9.17) is 0 Å². The maximum absolute atomic E-state index is 12.8. The van der Waals surface area contributed by atoms with Crippen molar-refractivity contribution in [2.24, 2.45) is 0 Å². The molecule has 0 spiro atoms. The number of nitrogens with zero attached hydrogens (tertiary/aromatic N) is 2. The van der Waals surface area contributed by atoms with Gasteiger partial charge in [0.15, 0.2) is 0 Å². The Morgan fingerprint density at radius 1 is 0.882 bits per heavy atom. The third-order valence-corrected chi connectivity index (χ3v) is 8.69. The highest BCUT2D eigenvalue weighted by molar-refractivity contribution is 7.89. The molecule has 2 aromatic carbocycles. The minimum atomic E-state index is -3.47. The van der Waals surface area contributed by atoms with E-state index in [1.165, 1.54) is 24.0 Å². The van der Waals surface area contributed by atoms with Crippen molar-refractivity contribution in [1.82, 2.24) is 14.5 Å². The minimum absolute atomic E-state index is 0.149. The molecule has 0 radical (unpaired) electrons. The van der Waals surface area contributed by atoms with Gasteiger partial charge in [-0.1, -0.05) is 30.7 Å². The molecule has 2 aliphatic heterocycles. The molecule has 4 rings (SSSR count). The van der Waals surface area contributed by atoms with Crippen LogP contribution in [-0.4, -0.2) is 55.8 Å². The number of nitrogens with one attached hydrogen (secondary N) is 2. The van der Waals surface area contributed by atoms with E-state index in [-0.39, 0.29) is 10.8 Å². The van der Waals surface area contributed by atoms with E-state index in [0.29, 0.717) is 25.3 Å². The normalized spacial score (nSPS) is 18.6. The van der Waals surface area contributed by atoms with Gasteiger partial charge in [0.1, 0.15) is 0 Å². The molecule has 2 N–H and O–H groups in total. The maximum atomic E-state index is 12.8. The summed E-state index contributed by atoms with van der Waals surface area (Å²) in [6.45, 7) is 6.86. The van der Waals surface area contributed by atoms with Crippen LogP contribution in [0.15, 0.2) is 53.4 Å². The topological polar surface area (TPSA) is 81.8 Å². The Balaban J connectivity index is 1.31. The molecule has 0 aliphatic carbocycles. The Kier molecular flexibility index (Phi) is 8.37. The van der Waals surface area contributed by atoms with Gasteiger partial charge in [-0.05, 0) is 81.1 Å². The number of hydrogen-bond acceptors (Lipinski definition) is 5. The van der Waals surface area contributed by atoms with Crippen LogP contribution in [0.3, 0.4) is 0 Å². The maximum Gasteiger partial charge on any atom is 0.243 e. The number of sulfonamides is 1. The number of rotatable bonds is 9. The van der Waals surface area contributed by atoms with Crippen molar-refractivity contribution in [1.29, 1.82) is 0 Å². The number of carbonyl (C=O) groups is 1. The lowest BCUT2D eigenvalue weighted by Gasteiger charge is -2.25. The first kappa shape index (κ1) is 24.9. The van der Waals surface area contributed by atoms with Gasteiger partial charge >= 0.3 is 0 Å². The van der Waals surface area contributed by atoms with Crippen molar-refractivity contribution in [2.75, 3.05) is 31.5 Å². The van der Waals surface area contributed by atoms with E-state index < -0.39 is 16.1 Å². The largest absolute Gasteiger partial charge is 0.325 e. The predicted molar refractivity (Wildman–Crippen MR) is 135 cm³/mol. The summed E-state index contributed by atoms with van der Waals surface area (Å²) in [5.74, 6) is -0.149. The fourth-order valence-corrected chi connectivity index (χ4v) is 6.15. The second-order valence-electron chi connectivity index (χ2n) is 9.33. The summed E-state index contributed by atoms with van der Waals surface area (Å²) in [7, 11) is -3.47. The smallest absolute Gasteiger partial charge is 0.243 e. The lowest BCUT2D eigenvalue weighted by atomic mass is 10.1. The predicted octanol–water partition coefficient (Wildman–Crippen LogP) is 3.57. The van der Waals surface area contributed by atoms with Crippen LogP contribution in [0.25, 0.3) is 0 Å². The molecule has 2 fully saturated rings. The van der Waals surface area contributed by atoms with E-state index in [2.05, 4.69) is 33.7 Å². The molecule has 34 heavy (non-hydrogen) atoms.